The fourth-order valence-corrected chi connectivity index (χ4v) is 2.66. The number of carbonyl (C=O) groups excluding carboxylic acids is 1. The molecular formula is C16H25ClN2O2. The summed E-state index contributed by atoms with van der Waals surface area (Å²) in [5, 5.41) is 16.0. The number of rotatable bonds is 3. The SMILES string of the molecule is Cc1cc(C)c(C(=O)NC[C@@H]2CCNC[C@H]2O)cc1C.Cl. The van der Waals surface area contributed by atoms with E-state index < -0.39 is 0 Å². The number of benzene rings is 1. The smallest absolute Gasteiger partial charge is 0.251 e. The predicted octanol–water partition coefficient (Wildman–Crippen LogP) is 1.73. The number of piperidine rings is 1. The molecule has 0 aromatic heterocycles. The highest BCUT2D eigenvalue weighted by atomic mass is 35.5. The molecule has 0 saturated carbocycles. The molecule has 0 radical (unpaired) electrons. The van der Waals surface area contributed by atoms with E-state index in [-0.39, 0.29) is 30.3 Å². The van der Waals surface area contributed by atoms with Crippen LogP contribution in [0.15, 0.2) is 12.1 Å². The highest BCUT2D eigenvalue weighted by Gasteiger charge is 2.23. The molecule has 2 atom stereocenters. The maximum absolute atomic E-state index is 12.3. The predicted molar refractivity (Wildman–Crippen MR) is 87.2 cm³/mol. The van der Waals surface area contributed by atoms with Crippen molar-refractivity contribution >= 4 is 18.3 Å². The van der Waals surface area contributed by atoms with Gasteiger partial charge in [0.15, 0.2) is 0 Å². The highest BCUT2D eigenvalue weighted by molar-refractivity contribution is 5.95. The Morgan fingerprint density at radius 3 is 2.62 bits per heavy atom. The maximum atomic E-state index is 12.3. The standard InChI is InChI=1S/C16H24N2O2.ClH/c1-10-6-12(3)14(7-11(10)2)16(20)18-8-13-4-5-17-9-15(13)19;/h6-7,13,15,17,19H,4-5,8-9H2,1-3H3,(H,18,20);1H/t13-,15+;/m0./s1. The first-order valence-corrected chi connectivity index (χ1v) is 7.24. The van der Waals surface area contributed by atoms with Gasteiger partial charge in [0.1, 0.15) is 0 Å². The van der Waals surface area contributed by atoms with Gasteiger partial charge in [-0.3, -0.25) is 4.79 Å². The van der Waals surface area contributed by atoms with Crippen molar-refractivity contribution in [3.63, 3.8) is 0 Å². The van der Waals surface area contributed by atoms with Crippen LogP contribution in [0.5, 0.6) is 0 Å². The molecule has 1 saturated heterocycles. The van der Waals surface area contributed by atoms with E-state index >= 15 is 0 Å². The van der Waals surface area contributed by atoms with E-state index in [0.29, 0.717) is 13.1 Å². The third kappa shape index (κ3) is 4.43. The van der Waals surface area contributed by atoms with Crippen molar-refractivity contribution in [2.24, 2.45) is 5.92 Å². The molecule has 1 fully saturated rings. The van der Waals surface area contributed by atoms with E-state index in [4.69, 9.17) is 0 Å². The molecule has 0 unspecified atom stereocenters. The second-order valence-electron chi connectivity index (χ2n) is 5.78. The van der Waals surface area contributed by atoms with Crippen LogP contribution < -0.4 is 10.6 Å². The molecule has 21 heavy (non-hydrogen) atoms. The number of aliphatic hydroxyl groups is 1. The average Bonchev–Trinajstić information content (AvgIpc) is 2.41. The molecule has 1 amide bonds. The van der Waals surface area contributed by atoms with Crippen molar-refractivity contribution in [3.8, 4) is 0 Å². The Balaban J connectivity index is 0.00000220. The fourth-order valence-electron chi connectivity index (χ4n) is 2.66. The number of amides is 1. The van der Waals surface area contributed by atoms with Gasteiger partial charge < -0.3 is 15.7 Å². The lowest BCUT2D eigenvalue weighted by Gasteiger charge is -2.28. The molecule has 4 nitrogen and oxygen atoms in total. The quantitative estimate of drug-likeness (QED) is 0.796. The van der Waals surface area contributed by atoms with Crippen molar-refractivity contribution in [2.45, 2.75) is 33.3 Å². The number of halogens is 1. The molecule has 5 heteroatoms. The second-order valence-corrected chi connectivity index (χ2v) is 5.78. The topological polar surface area (TPSA) is 61.4 Å². The van der Waals surface area contributed by atoms with Crippen molar-refractivity contribution < 1.29 is 9.90 Å². The summed E-state index contributed by atoms with van der Waals surface area (Å²) in [5.74, 6) is 0.100. The zero-order chi connectivity index (χ0) is 14.7. The van der Waals surface area contributed by atoms with Gasteiger partial charge in [0.2, 0.25) is 0 Å². The Bertz CT molecular complexity index is 505. The Morgan fingerprint density at radius 2 is 1.95 bits per heavy atom. The summed E-state index contributed by atoms with van der Waals surface area (Å²) in [4.78, 5) is 12.3. The van der Waals surface area contributed by atoms with Crippen molar-refractivity contribution in [3.05, 3.63) is 34.4 Å². The summed E-state index contributed by atoms with van der Waals surface area (Å²) in [7, 11) is 0. The minimum Gasteiger partial charge on any atom is -0.391 e. The van der Waals surface area contributed by atoms with Crippen LogP contribution in [-0.4, -0.2) is 36.8 Å². The van der Waals surface area contributed by atoms with Crippen LogP contribution in [0.1, 0.15) is 33.5 Å². The Hall–Kier alpha value is -1.10. The molecule has 0 aliphatic carbocycles. The molecule has 1 aromatic rings. The van der Waals surface area contributed by atoms with Gasteiger partial charge in [0, 0.05) is 24.6 Å². The van der Waals surface area contributed by atoms with Gasteiger partial charge in [-0.15, -0.1) is 12.4 Å². The number of nitrogens with one attached hydrogen (secondary N) is 2. The molecule has 0 spiro atoms. The van der Waals surface area contributed by atoms with Crippen LogP contribution in [0.2, 0.25) is 0 Å². The number of carbonyl (C=O) groups is 1. The molecule has 2 rings (SSSR count). The molecule has 118 valence electrons. The fraction of sp³-hybridized carbons (Fsp3) is 0.562. The molecule has 1 aromatic carbocycles. The van der Waals surface area contributed by atoms with Crippen LogP contribution in [0.4, 0.5) is 0 Å². The first-order chi connectivity index (χ1) is 9.49. The van der Waals surface area contributed by atoms with Crippen molar-refractivity contribution in [2.75, 3.05) is 19.6 Å². The van der Waals surface area contributed by atoms with Crippen LogP contribution >= 0.6 is 12.4 Å². The highest BCUT2D eigenvalue weighted by Crippen LogP contribution is 2.16. The van der Waals surface area contributed by atoms with Gasteiger partial charge in [-0.2, -0.15) is 0 Å². The lowest BCUT2D eigenvalue weighted by molar-refractivity contribution is 0.0753. The van der Waals surface area contributed by atoms with Crippen LogP contribution in [0.25, 0.3) is 0 Å². The average molecular weight is 313 g/mol. The maximum Gasteiger partial charge on any atom is 0.251 e. The summed E-state index contributed by atoms with van der Waals surface area (Å²) in [6.07, 6.45) is 0.526. The second kappa shape index (κ2) is 7.78. The third-order valence-electron chi connectivity index (χ3n) is 4.20. The monoisotopic (exact) mass is 312 g/mol. The van der Waals surface area contributed by atoms with E-state index in [1.165, 1.54) is 5.56 Å². The molecule has 0 bridgehead atoms. The lowest BCUT2D eigenvalue weighted by Crippen LogP contribution is -2.45. The Labute approximate surface area is 132 Å². The van der Waals surface area contributed by atoms with Gasteiger partial charge >= 0.3 is 0 Å². The van der Waals surface area contributed by atoms with Crippen LogP contribution in [0.3, 0.4) is 0 Å². The van der Waals surface area contributed by atoms with Gasteiger partial charge in [-0.05, 0) is 56.5 Å². The number of aryl methyl sites for hydroxylation is 3. The molecule has 1 heterocycles. The van der Waals surface area contributed by atoms with Crippen molar-refractivity contribution in [1.82, 2.24) is 10.6 Å². The molecular weight excluding hydrogens is 288 g/mol. The van der Waals surface area contributed by atoms with E-state index in [9.17, 15) is 9.90 Å². The van der Waals surface area contributed by atoms with Gasteiger partial charge in [-0.25, -0.2) is 0 Å². The number of aliphatic hydroxyl groups excluding tert-OH is 1. The van der Waals surface area contributed by atoms with Gasteiger partial charge in [0.25, 0.3) is 5.91 Å². The van der Waals surface area contributed by atoms with Crippen LogP contribution in [-0.2, 0) is 0 Å². The Morgan fingerprint density at radius 1 is 1.29 bits per heavy atom. The summed E-state index contributed by atoms with van der Waals surface area (Å²) in [6.45, 7) is 8.08. The van der Waals surface area contributed by atoms with E-state index in [0.717, 1.165) is 29.7 Å². The summed E-state index contributed by atoms with van der Waals surface area (Å²) >= 11 is 0. The molecule has 3 N–H and O–H groups in total. The zero-order valence-corrected chi connectivity index (χ0v) is 13.7. The van der Waals surface area contributed by atoms with Gasteiger partial charge in [0.05, 0.1) is 6.10 Å². The first-order valence-electron chi connectivity index (χ1n) is 7.24. The lowest BCUT2D eigenvalue weighted by atomic mass is 9.94. The third-order valence-corrected chi connectivity index (χ3v) is 4.20. The normalized spacial score (nSPS) is 21.5. The van der Waals surface area contributed by atoms with E-state index in [1.54, 1.807) is 0 Å². The number of hydrogen-bond acceptors (Lipinski definition) is 3. The summed E-state index contributed by atoms with van der Waals surface area (Å²) in [5.41, 5.74) is 4.06. The molecule has 1 aliphatic heterocycles. The number of hydrogen-bond donors (Lipinski definition) is 3. The number of β-amino-alcohol motifs (C(OH)–C–C–N with tert-alkyl or cyclic N) is 1. The molecule has 1 aliphatic rings. The minimum absolute atomic E-state index is 0. The van der Waals surface area contributed by atoms with E-state index in [2.05, 4.69) is 17.6 Å². The van der Waals surface area contributed by atoms with Crippen LogP contribution in [0, 0.1) is 26.7 Å². The Kier molecular flexibility index (Phi) is 6.65. The zero-order valence-electron chi connectivity index (χ0n) is 12.9. The largest absolute Gasteiger partial charge is 0.391 e. The minimum atomic E-state index is -0.370. The summed E-state index contributed by atoms with van der Waals surface area (Å²) in [6, 6.07) is 3.99. The van der Waals surface area contributed by atoms with E-state index in [1.807, 2.05) is 26.0 Å². The summed E-state index contributed by atoms with van der Waals surface area (Å²) < 4.78 is 0. The van der Waals surface area contributed by atoms with Gasteiger partial charge in [-0.1, -0.05) is 6.07 Å². The first kappa shape index (κ1) is 18.0. The van der Waals surface area contributed by atoms with Crippen molar-refractivity contribution in [1.29, 1.82) is 0 Å².